The minimum atomic E-state index is -4.36. The molecular formula is C24H31F3N4O2. The molecule has 0 radical (unpaired) electrons. The molecule has 3 rings (SSSR count). The van der Waals surface area contributed by atoms with Crippen molar-refractivity contribution in [2.75, 3.05) is 42.1 Å². The first-order valence-corrected chi connectivity index (χ1v) is 11.0. The van der Waals surface area contributed by atoms with Gasteiger partial charge in [-0.3, -0.25) is 4.79 Å². The second-order valence-corrected chi connectivity index (χ2v) is 9.15. The highest BCUT2D eigenvalue weighted by molar-refractivity contribution is 6.05. The topological polar surface area (TPSA) is 81.8 Å². The number of likely N-dealkylation sites (tertiary alicyclic amines) is 1. The maximum absolute atomic E-state index is 13.4. The smallest absolute Gasteiger partial charge is 0.397 e. The number of nitrogens with zero attached hydrogens (tertiary/aromatic N) is 2. The van der Waals surface area contributed by atoms with E-state index in [4.69, 9.17) is 5.73 Å². The largest absolute Gasteiger partial charge is 0.405 e. The van der Waals surface area contributed by atoms with Crippen LogP contribution in [-0.2, 0) is 0 Å². The number of benzene rings is 2. The number of piperidine rings is 1. The number of nitrogens with two attached hydrogens (primary N) is 1. The highest BCUT2D eigenvalue weighted by Gasteiger charge is 2.36. The lowest BCUT2D eigenvalue weighted by atomic mass is 10.00. The summed E-state index contributed by atoms with van der Waals surface area (Å²) < 4.78 is 40.1. The molecule has 1 fully saturated rings. The van der Waals surface area contributed by atoms with Gasteiger partial charge in [0.2, 0.25) is 0 Å². The summed E-state index contributed by atoms with van der Waals surface area (Å²) in [5, 5.41) is 12.7. The first-order chi connectivity index (χ1) is 15.4. The third kappa shape index (κ3) is 7.36. The van der Waals surface area contributed by atoms with Crippen LogP contribution in [0, 0.1) is 0 Å². The van der Waals surface area contributed by atoms with Gasteiger partial charge in [0, 0.05) is 36.9 Å². The van der Waals surface area contributed by atoms with E-state index >= 15 is 0 Å². The van der Waals surface area contributed by atoms with Crippen molar-refractivity contribution in [3.05, 3.63) is 54.1 Å². The molecule has 0 aliphatic carbocycles. The van der Waals surface area contributed by atoms with E-state index in [-0.39, 0.29) is 11.9 Å². The van der Waals surface area contributed by atoms with E-state index < -0.39 is 18.3 Å². The molecule has 1 saturated heterocycles. The molecule has 2 aromatic rings. The molecule has 0 spiro atoms. The van der Waals surface area contributed by atoms with Gasteiger partial charge in [-0.1, -0.05) is 12.1 Å². The predicted octanol–water partition coefficient (Wildman–Crippen LogP) is 4.13. The number of para-hydroxylation sites is 2. The van der Waals surface area contributed by atoms with Crippen molar-refractivity contribution in [3.63, 3.8) is 0 Å². The van der Waals surface area contributed by atoms with Gasteiger partial charge in [-0.2, -0.15) is 13.2 Å². The summed E-state index contributed by atoms with van der Waals surface area (Å²) in [5.41, 5.74) is 6.65. The quantitative estimate of drug-likeness (QED) is 0.537. The summed E-state index contributed by atoms with van der Waals surface area (Å²) in [4.78, 5) is 16.0. The Morgan fingerprint density at radius 2 is 1.73 bits per heavy atom. The molecule has 0 unspecified atom stereocenters. The van der Waals surface area contributed by atoms with Crippen molar-refractivity contribution in [1.29, 1.82) is 0 Å². The molecule has 0 aromatic heterocycles. The predicted molar refractivity (Wildman–Crippen MR) is 124 cm³/mol. The number of aliphatic hydroxyl groups is 1. The minimum absolute atomic E-state index is 0.284. The zero-order chi connectivity index (χ0) is 24.2. The number of nitrogens with one attached hydrogen (secondary N) is 1. The van der Waals surface area contributed by atoms with Gasteiger partial charge in [-0.25, -0.2) is 0 Å². The number of hydrogen-bond acceptors (Lipinski definition) is 5. The van der Waals surface area contributed by atoms with Crippen LogP contribution in [0.25, 0.3) is 0 Å². The number of hydrogen-bond donors (Lipinski definition) is 3. The fraction of sp³-hybridized carbons (Fsp3) is 0.458. The third-order valence-corrected chi connectivity index (χ3v) is 5.63. The Bertz CT molecular complexity index is 934. The maximum Gasteiger partial charge on any atom is 0.405 e. The number of β-amino-alcohol motifs (C(OH)–C–C–N with tert-alkyl or cyclic N) is 1. The molecule has 0 saturated carbocycles. The molecule has 1 amide bonds. The van der Waals surface area contributed by atoms with Crippen molar-refractivity contribution >= 4 is 23.0 Å². The van der Waals surface area contributed by atoms with Gasteiger partial charge in [0.1, 0.15) is 6.54 Å². The van der Waals surface area contributed by atoms with Gasteiger partial charge in [-0.05, 0) is 63.1 Å². The van der Waals surface area contributed by atoms with E-state index in [9.17, 15) is 23.1 Å². The summed E-state index contributed by atoms with van der Waals surface area (Å²) in [5.74, 6) is -0.387. The number of rotatable bonds is 7. The number of anilines is 3. The van der Waals surface area contributed by atoms with Crippen LogP contribution in [0.4, 0.5) is 30.2 Å². The number of carbonyl (C=O) groups is 1. The Labute approximate surface area is 192 Å². The number of carbonyl (C=O) groups excluding carboxylic acids is 1. The Morgan fingerprint density at radius 3 is 2.27 bits per heavy atom. The van der Waals surface area contributed by atoms with E-state index in [0.717, 1.165) is 0 Å². The van der Waals surface area contributed by atoms with E-state index in [1.165, 1.54) is 17.0 Å². The van der Waals surface area contributed by atoms with Gasteiger partial charge in [-0.15, -0.1) is 0 Å². The molecule has 33 heavy (non-hydrogen) atoms. The standard InChI is InChI=1S/C24H31F3N4O2/c1-23(2,33)15-30-13-11-19(12-14-30)31(16-24(25,26)27)18-9-7-17(8-10-18)22(32)29-21-6-4-3-5-20(21)28/h3-10,19,33H,11-16,28H2,1-2H3,(H,29,32). The molecule has 4 N–H and O–H groups in total. The summed E-state index contributed by atoms with van der Waals surface area (Å²) in [6.45, 7) is 4.09. The van der Waals surface area contributed by atoms with E-state index in [2.05, 4.69) is 10.2 Å². The molecule has 9 heteroatoms. The average Bonchev–Trinajstić information content (AvgIpc) is 2.73. The van der Waals surface area contributed by atoms with Crippen LogP contribution < -0.4 is 16.0 Å². The molecule has 180 valence electrons. The minimum Gasteiger partial charge on any atom is -0.397 e. The van der Waals surface area contributed by atoms with Gasteiger partial charge in [0.05, 0.1) is 17.0 Å². The zero-order valence-electron chi connectivity index (χ0n) is 18.9. The number of amides is 1. The maximum atomic E-state index is 13.4. The molecule has 1 aliphatic rings. The van der Waals surface area contributed by atoms with Crippen LogP contribution in [0.2, 0.25) is 0 Å². The van der Waals surface area contributed by atoms with Crippen LogP contribution in [0.1, 0.15) is 37.0 Å². The molecule has 2 aromatic carbocycles. The lowest BCUT2D eigenvalue weighted by molar-refractivity contribution is -0.121. The Hall–Kier alpha value is -2.78. The first kappa shape index (κ1) is 24.9. The molecule has 1 aliphatic heterocycles. The van der Waals surface area contributed by atoms with Crippen molar-refractivity contribution in [2.45, 2.75) is 44.5 Å². The van der Waals surface area contributed by atoms with Crippen molar-refractivity contribution < 1.29 is 23.1 Å². The summed E-state index contributed by atoms with van der Waals surface area (Å²) in [6, 6.07) is 12.7. The summed E-state index contributed by atoms with van der Waals surface area (Å²) in [6.07, 6.45) is -3.24. The summed E-state index contributed by atoms with van der Waals surface area (Å²) >= 11 is 0. The van der Waals surface area contributed by atoms with Crippen molar-refractivity contribution in [1.82, 2.24) is 4.90 Å². The third-order valence-electron chi connectivity index (χ3n) is 5.63. The Morgan fingerprint density at radius 1 is 1.12 bits per heavy atom. The molecule has 6 nitrogen and oxygen atoms in total. The molecule has 0 atom stereocenters. The van der Waals surface area contributed by atoms with E-state index in [1.54, 1.807) is 50.2 Å². The normalized spacial score (nSPS) is 15.9. The van der Waals surface area contributed by atoms with Crippen LogP contribution in [0.3, 0.4) is 0 Å². The summed E-state index contributed by atoms with van der Waals surface area (Å²) in [7, 11) is 0. The molecule has 0 bridgehead atoms. The highest BCUT2D eigenvalue weighted by Crippen LogP contribution is 2.29. The molecular weight excluding hydrogens is 433 g/mol. The first-order valence-electron chi connectivity index (χ1n) is 11.0. The van der Waals surface area contributed by atoms with Crippen LogP contribution >= 0.6 is 0 Å². The van der Waals surface area contributed by atoms with Crippen LogP contribution in [0.5, 0.6) is 0 Å². The van der Waals surface area contributed by atoms with E-state index in [1.807, 2.05) is 0 Å². The zero-order valence-corrected chi connectivity index (χ0v) is 18.9. The molecule has 1 heterocycles. The van der Waals surface area contributed by atoms with Crippen molar-refractivity contribution in [3.8, 4) is 0 Å². The number of nitrogen functional groups attached to an aromatic ring is 1. The fourth-order valence-electron chi connectivity index (χ4n) is 4.17. The average molecular weight is 465 g/mol. The van der Waals surface area contributed by atoms with Gasteiger partial charge in [0.15, 0.2) is 0 Å². The van der Waals surface area contributed by atoms with Gasteiger partial charge >= 0.3 is 6.18 Å². The van der Waals surface area contributed by atoms with Gasteiger partial charge < -0.3 is 26.0 Å². The monoisotopic (exact) mass is 464 g/mol. The number of alkyl halides is 3. The lowest BCUT2D eigenvalue weighted by Crippen LogP contribution is -2.50. The Balaban J connectivity index is 1.71. The Kier molecular flexibility index (Phi) is 7.54. The second-order valence-electron chi connectivity index (χ2n) is 9.15. The fourth-order valence-corrected chi connectivity index (χ4v) is 4.17. The number of halogens is 3. The second kappa shape index (κ2) is 10.0. The van der Waals surface area contributed by atoms with Gasteiger partial charge in [0.25, 0.3) is 5.91 Å². The SMILES string of the molecule is CC(C)(O)CN1CCC(N(CC(F)(F)F)c2ccc(C(=O)Nc3ccccc3N)cc2)CC1. The highest BCUT2D eigenvalue weighted by atomic mass is 19.4. The lowest BCUT2D eigenvalue weighted by Gasteiger charge is -2.41. The van der Waals surface area contributed by atoms with Crippen molar-refractivity contribution in [2.24, 2.45) is 0 Å². The van der Waals surface area contributed by atoms with Crippen LogP contribution in [-0.4, -0.2) is 59.9 Å². The van der Waals surface area contributed by atoms with Crippen LogP contribution in [0.15, 0.2) is 48.5 Å². The van der Waals surface area contributed by atoms with E-state index in [0.29, 0.717) is 55.1 Å².